The van der Waals surface area contributed by atoms with Gasteiger partial charge in [0.1, 0.15) is 11.3 Å². The first kappa shape index (κ1) is 21.4. The summed E-state index contributed by atoms with van der Waals surface area (Å²) in [4.78, 5) is 15.8. The van der Waals surface area contributed by atoms with Crippen molar-refractivity contribution >= 4 is 33.3 Å². The fourth-order valence-electron chi connectivity index (χ4n) is 5.16. The molecular formula is C28H23FN6S. The number of benzene rings is 1. The third-order valence-corrected chi connectivity index (χ3v) is 7.83. The van der Waals surface area contributed by atoms with E-state index in [-0.39, 0.29) is 5.13 Å². The Balaban J connectivity index is 1.28. The molecule has 1 fully saturated rings. The summed E-state index contributed by atoms with van der Waals surface area (Å²) in [6.45, 7) is 3.27. The molecular weight excluding hydrogens is 471 g/mol. The number of thiophene rings is 1. The summed E-state index contributed by atoms with van der Waals surface area (Å²) in [5.41, 5.74) is 7.80. The molecule has 6 nitrogen and oxygen atoms in total. The van der Waals surface area contributed by atoms with Crippen molar-refractivity contribution in [3.8, 4) is 33.0 Å². The first-order chi connectivity index (χ1) is 17.7. The van der Waals surface area contributed by atoms with Crippen molar-refractivity contribution in [1.29, 1.82) is 0 Å². The zero-order chi connectivity index (χ0) is 24.1. The Kier molecular flexibility index (Phi) is 5.15. The van der Waals surface area contributed by atoms with Gasteiger partial charge in [0.2, 0.25) is 0 Å². The number of nitrogens with one attached hydrogen (secondary N) is 2. The van der Waals surface area contributed by atoms with Gasteiger partial charge in [-0.1, -0.05) is 6.07 Å². The van der Waals surface area contributed by atoms with Gasteiger partial charge >= 0.3 is 0 Å². The van der Waals surface area contributed by atoms with Crippen LogP contribution in [0.1, 0.15) is 18.4 Å². The van der Waals surface area contributed by atoms with Crippen molar-refractivity contribution in [3.63, 3.8) is 0 Å². The Morgan fingerprint density at radius 3 is 2.72 bits per heavy atom. The van der Waals surface area contributed by atoms with Crippen molar-refractivity contribution < 1.29 is 4.39 Å². The molecule has 0 amide bonds. The molecule has 0 spiro atoms. The highest BCUT2D eigenvalue weighted by molar-refractivity contribution is 7.14. The van der Waals surface area contributed by atoms with Crippen LogP contribution in [-0.2, 0) is 6.54 Å². The fraction of sp³-hybridized carbons (Fsp3) is 0.179. The first-order valence-electron chi connectivity index (χ1n) is 12.1. The first-order valence-corrected chi connectivity index (χ1v) is 12.9. The largest absolute Gasteiger partial charge is 0.338 e. The van der Waals surface area contributed by atoms with Gasteiger partial charge in [-0.3, -0.25) is 15.0 Å². The highest BCUT2D eigenvalue weighted by Crippen LogP contribution is 2.36. The maximum absolute atomic E-state index is 13.7. The number of hydrogen-bond acceptors (Lipinski definition) is 5. The lowest BCUT2D eigenvalue weighted by atomic mass is 10.0. The van der Waals surface area contributed by atoms with Crippen LogP contribution in [-0.4, -0.2) is 43.1 Å². The molecule has 6 heterocycles. The summed E-state index contributed by atoms with van der Waals surface area (Å²) in [5.74, 6) is 0. The molecule has 0 atom stereocenters. The minimum absolute atomic E-state index is 0.199. The van der Waals surface area contributed by atoms with E-state index in [9.17, 15) is 4.39 Å². The van der Waals surface area contributed by atoms with E-state index < -0.39 is 0 Å². The lowest BCUT2D eigenvalue weighted by molar-refractivity contribution is 0.331. The topological polar surface area (TPSA) is 73.5 Å². The van der Waals surface area contributed by atoms with Crippen molar-refractivity contribution in [2.45, 2.75) is 19.4 Å². The Hall–Kier alpha value is -3.88. The highest BCUT2D eigenvalue weighted by atomic mass is 32.1. The van der Waals surface area contributed by atoms with E-state index in [1.165, 1.54) is 24.5 Å². The van der Waals surface area contributed by atoms with Gasteiger partial charge in [0.15, 0.2) is 5.13 Å². The van der Waals surface area contributed by atoms with Crippen molar-refractivity contribution in [2.24, 2.45) is 0 Å². The van der Waals surface area contributed by atoms with Crippen LogP contribution in [0.4, 0.5) is 4.39 Å². The van der Waals surface area contributed by atoms with Gasteiger partial charge in [-0.15, -0.1) is 11.3 Å². The summed E-state index contributed by atoms with van der Waals surface area (Å²) in [5, 5.41) is 9.55. The van der Waals surface area contributed by atoms with Crippen LogP contribution in [0.2, 0.25) is 0 Å². The normalized spacial score (nSPS) is 14.4. The van der Waals surface area contributed by atoms with Gasteiger partial charge < -0.3 is 4.98 Å². The number of halogens is 1. The smallest absolute Gasteiger partial charge is 0.176 e. The Labute approximate surface area is 210 Å². The molecule has 0 saturated carbocycles. The predicted molar refractivity (Wildman–Crippen MR) is 142 cm³/mol. The van der Waals surface area contributed by atoms with Crippen molar-refractivity contribution in [2.75, 3.05) is 13.1 Å². The van der Waals surface area contributed by atoms with Crippen LogP contribution < -0.4 is 0 Å². The van der Waals surface area contributed by atoms with Gasteiger partial charge in [-0.2, -0.15) is 9.49 Å². The molecule has 0 aliphatic carbocycles. The lowest BCUT2D eigenvalue weighted by Gasteiger charge is -2.14. The van der Waals surface area contributed by atoms with Crippen LogP contribution in [0, 0.1) is 5.13 Å². The average molecular weight is 495 g/mol. The van der Waals surface area contributed by atoms with Gasteiger partial charge in [0.05, 0.1) is 11.2 Å². The molecule has 178 valence electrons. The van der Waals surface area contributed by atoms with Gasteiger partial charge in [0.25, 0.3) is 0 Å². The average Bonchev–Trinajstić information content (AvgIpc) is 3.70. The summed E-state index contributed by atoms with van der Waals surface area (Å²) >= 11 is 1.14. The van der Waals surface area contributed by atoms with Crippen molar-refractivity contribution in [1.82, 2.24) is 30.0 Å². The molecule has 6 aromatic rings. The van der Waals surface area contributed by atoms with E-state index in [1.807, 2.05) is 24.5 Å². The third kappa shape index (κ3) is 3.79. The molecule has 7 rings (SSSR count). The number of aromatic amines is 2. The Morgan fingerprint density at radius 1 is 0.944 bits per heavy atom. The number of H-pyrrole nitrogens is 2. The van der Waals surface area contributed by atoms with Crippen LogP contribution in [0.5, 0.6) is 0 Å². The number of nitrogens with zero attached hydrogens (tertiary/aromatic N) is 4. The number of likely N-dealkylation sites (tertiary alicyclic amines) is 1. The monoisotopic (exact) mass is 494 g/mol. The SMILES string of the molecule is Fc1ccc(-c2ccnc3[nH]c(-c4n[nH]c5ccc(-c6cncc(CN7CCCC7)c6)cc45)cc23)s1. The highest BCUT2D eigenvalue weighted by Gasteiger charge is 2.16. The van der Waals surface area contributed by atoms with E-state index in [0.29, 0.717) is 0 Å². The Bertz CT molecular complexity index is 1710. The van der Waals surface area contributed by atoms with Gasteiger partial charge in [-0.05, 0) is 79.5 Å². The molecule has 1 saturated heterocycles. The van der Waals surface area contributed by atoms with Crippen LogP contribution in [0.3, 0.4) is 0 Å². The zero-order valence-corrected chi connectivity index (χ0v) is 20.3. The van der Waals surface area contributed by atoms with Crippen LogP contribution >= 0.6 is 11.3 Å². The van der Waals surface area contributed by atoms with E-state index >= 15 is 0 Å². The molecule has 0 unspecified atom stereocenters. The maximum Gasteiger partial charge on any atom is 0.176 e. The molecule has 1 aliphatic heterocycles. The third-order valence-electron chi connectivity index (χ3n) is 6.92. The summed E-state index contributed by atoms with van der Waals surface area (Å²) < 4.78 is 13.7. The summed E-state index contributed by atoms with van der Waals surface area (Å²) in [6, 6.07) is 15.9. The second kappa shape index (κ2) is 8.65. The predicted octanol–water partition coefficient (Wildman–Crippen LogP) is 6.63. The molecule has 5 aromatic heterocycles. The molecule has 1 aliphatic rings. The van der Waals surface area contributed by atoms with E-state index in [4.69, 9.17) is 0 Å². The quantitative estimate of drug-likeness (QED) is 0.282. The van der Waals surface area contributed by atoms with E-state index in [1.54, 1.807) is 6.20 Å². The summed E-state index contributed by atoms with van der Waals surface area (Å²) in [7, 11) is 0. The molecule has 0 radical (unpaired) electrons. The second-order valence-electron chi connectivity index (χ2n) is 9.31. The van der Waals surface area contributed by atoms with Gasteiger partial charge in [-0.25, -0.2) is 4.98 Å². The van der Waals surface area contributed by atoms with Gasteiger partial charge in [0, 0.05) is 51.9 Å². The molecule has 0 bridgehead atoms. The Morgan fingerprint density at radius 2 is 1.86 bits per heavy atom. The van der Waals surface area contributed by atoms with E-state index in [2.05, 4.69) is 60.4 Å². The number of pyridine rings is 2. The van der Waals surface area contributed by atoms with E-state index in [0.717, 1.165) is 85.9 Å². The molecule has 36 heavy (non-hydrogen) atoms. The van der Waals surface area contributed by atoms with Crippen LogP contribution in [0.15, 0.2) is 67.1 Å². The maximum atomic E-state index is 13.7. The number of aromatic nitrogens is 5. The second-order valence-corrected chi connectivity index (χ2v) is 10.3. The molecule has 8 heteroatoms. The molecule has 1 aromatic carbocycles. The summed E-state index contributed by atoms with van der Waals surface area (Å²) in [6.07, 6.45) is 8.20. The van der Waals surface area contributed by atoms with Crippen molar-refractivity contribution in [3.05, 3.63) is 77.8 Å². The van der Waals surface area contributed by atoms with Crippen LogP contribution in [0.25, 0.3) is 54.9 Å². The number of fused-ring (bicyclic) bond motifs is 2. The molecule has 2 N–H and O–H groups in total. The fourth-order valence-corrected chi connectivity index (χ4v) is 5.93. The standard InChI is InChI=1S/C28H23FN6S/c29-26-6-5-25(36-26)20-7-8-31-28-21(20)13-24(32-28)27-22-12-18(3-4-23(22)33-34-27)19-11-17(14-30-15-19)16-35-9-1-2-10-35/h3-8,11-15H,1-2,9-10,16H2,(H,31,32)(H,33,34). The number of rotatable bonds is 5. The lowest BCUT2D eigenvalue weighted by Crippen LogP contribution is -2.18. The minimum atomic E-state index is -0.199. The zero-order valence-electron chi connectivity index (χ0n) is 19.5. The minimum Gasteiger partial charge on any atom is -0.338 e. The number of hydrogen-bond donors (Lipinski definition) is 2.